The number of nitrogens with zero attached hydrogens (tertiary/aromatic N) is 1. The van der Waals surface area contributed by atoms with Gasteiger partial charge in [0.2, 0.25) is 0 Å². The van der Waals surface area contributed by atoms with Crippen molar-refractivity contribution in [3.63, 3.8) is 0 Å². The smallest absolute Gasteiger partial charge is 0.00104 e. The van der Waals surface area contributed by atoms with Gasteiger partial charge in [-0.25, -0.2) is 0 Å². The van der Waals surface area contributed by atoms with Gasteiger partial charge >= 0.3 is 0 Å². The Kier molecular flexibility index (Phi) is 5.69. The zero-order chi connectivity index (χ0) is 13.7. The molecule has 1 unspecified atom stereocenters. The Balaban J connectivity index is 1.69. The van der Waals surface area contributed by atoms with Crippen LogP contribution in [-0.2, 0) is 0 Å². The molecule has 1 aliphatic carbocycles. The van der Waals surface area contributed by atoms with E-state index < -0.39 is 0 Å². The van der Waals surface area contributed by atoms with Crippen molar-refractivity contribution in [1.29, 1.82) is 0 Å². The molecule has 0 aromatic heterocycles. The van der Waals surface area contributed by atoms with Crippen LogP contribution in [0.1, 0.15) is 58.8 Å². The molecular formula is C18H31N. The van der Waals surface area contributed by atoms with Crippen LogP contribution >= 0.6 is 0 Å². The molecule has 0 radical (unpaired) electrons. The molecule has 0 amide bonds. The van der Waals surface area contributed by atoms with Crippen molar-refractivity contribution >= 4 is 0 Å². The van der Waals surface area contributed by atoms with Crippen LogP contribution in [0.5, 0.6) is 0 Å². The van der Waals surface area contributed by atoms with E-state index in [1.54, 1.807) is 11.1 Å². The van der Waals surface area contributed by atoms with Gasteiger partial charge in [-0.2, -0.15) is 0 Å². The van der Waals surface area contributed by atoms with Gasteiger partial charge in [-0.05, 0) is 64.6 Å². The molecule has 0 aromatic carbocycles. The normalized spacial score (nSPS) is 25.5. The first-order chi connectivity index (χ1) is 9.24. The average Bonchev–Trinajstić information content (AvgIpc) is 2.83. The van der Waals surface area contributed by atoms with Crippen molar-refractivity contribution < 1.29 is 0 Å². The standard InChI is InChI=1S/C18H31N/c1-4-16-9-10-17(18(16)5-2)8-6-7-15-11-13-19(3)14-12-15/h9-10,15,18H,4-8,11-14H2,1-3H3. The van der Waals surface area contributed by atoms with Gasteiger partial charge in [0.05, 0.1) is 0 Å². The molecule has 2 aliphatic rings. The number of hydrogen-bond acceptors (Lipinski definition) is 1. The number of likely N-dealkylation sites (tertiary alicyclic amines) is 1. The molecule has 1 nitrogen and oxygen atoms in total. The molecule has 1 atom stereocenters. The summed E-state index contributed by atoms with van der Waals surface area (Å²) in [5.41, 5.74) is 3.38. The molecule has 0 aromatic rings. The van der Waals surface area contributed by atoms with Gasteiger partial charge < -0.3 is 4.90 Å². The first kappa shape index (κ1) is 14.8. The predicted molar refractivity (Wildman–Crippen MR) is 84.3 cm³/mol. The zero-order valence-electron chi connectivity index (χ0n) is 13.1. The summed E-state index contributed by atoms with van der Waals surface area (Å²) in [5.74, 6) is 1.78. The first-order valence-corrected chi connectivity index (χ1v) is 8.32. The van der Waals surface area contributed by atoms with Gasteiger partial charge in [-0.15, -0.1) is 0 Å². The van der Waals surface area contributed by atoms with E-state index in [-0.39, 0.29) is 0 Å². The molecule has 0 spiro atoms. The van der Waals surface area contributed by atoms with Crippen LogP contribution in [0.25, 0.3) is 0 Å². The Morgan fingerprint density at radius 1 is 1.11 bits per heavy atom. The highest BCUT2D eigenvalue weighted by molar-refractivity contribution is 5.34. The van der Waals surface area contributed by atoms with Crippen molar-refractivity contribution in [2.75, 3.05) is 20.1 Å². The summed E-state index contributed by atoms with van der Waals surface area (Å²) < 4.78 is 0. The van der Waals surface area contributed by atoms with Gasteiger partial charge in [0.15, 0.2) is 0 Å². The Bertz CT molecular complexity index is 332. The van der Waals surface area contributed by atoms with Gasteiger partial charge in [0.1, 0.15) is 0 Å². The number of hydrogen-bond donors (Lipinski definition) is 0. The van der Waals surface area contributed by atoms with Gasteiger partial charge in [-0.3, -0.25) is 0 Å². The van der Waals surface area contributed by atoms with E-state index in [1.165, 1.54) is 58.0 Å². The van der Waals surface area contributed by atoms with E-state index in [1.807, 2.05) is 0 Å². The van der Waals surface area contributed by atoms with Crippen LogP contribution < -0.4 is 0 Å². The van der Waals surface area contributed by atoms with Crippen molar-refractivity contribution in [3.8, 4) is 0 Å². The summed E-state index contributed by atoms with van der Waals surface area (Å²) in [6, 6.07) is 0. The van der Waals surface area contributed by atoms with Crippen LogP contribution in [0.4, 0.5) is 0 Å². The third kappa shape index (κ3) is 3.95. The van der Waals surface area contributed by atoms with E-state index in [2.05, 4.69) is 37.9 Å². The molecule has 1 saturated heterocycles. The molecule has 2 rings (SSSR count). The summed E-state index contributed by atoms with van der Waals surface area (Å²) in [7, 11) is 2.25. The highest BCUT2D eigenvalue weighted by Crippen LogP contribution is 2.35. The Hall–Kier alpha value is -0.560. The summed E-state index contributed by atoms with van der Waals surface area (Å²) in [6.07, 6.45) is 14.4. The summed E-state index contributed by atoms with van der Waals surface area (Å²) in [5, 5.41) is 0. The van der Waals surface area contributed by atoms with Crippen molar-refractivity contribution in [2.24, 2.45) is 11.8 Å². The van der Waals surface area contributed by atoms with Crippen LogP contribution in [0, 0.1) is 11.8 Å². The van der Waals surface area contributed by atoms with Crippen LogP contribution in [0.15, 0.2) is 23.3 Å². The highest BCUT2D eigenvalue weighted by Gasteiger charge is 2.21. The number of rotatable bonds is 6. The summed E-state index contributed by atoms with van der Waals surface area (Å²) >= 11 is 0. The second kappa shape index (κ2) is 7.28. The van der Waals surface area contributed by atoms with E-state index in [4.69, 9.17) is 0 Å². The third-order valence-corrected chi connectivity index (χ3v) is 5.14. The molecular weight excluding hydrogens is 230 g/mol. The molecule has 19 heavy (non-hydrogen) atoms. The number of allylic oxidation sites excluding steroid dienone is 4. The van der Waals surface area contributed by atoms with Gasteiger partial charge in [0.25, 0.3) is 0 Å². The maximum atomic E-state index is 2.47. The lowest BCUT2D eigenvalue weighted by Crippen LogP contribution is -2.30. The molecule has 0 bridgehead atoms. The largest absolute Gasteiger partial charge is 0.306 e. The molecule has 108 valence electrons. The van der Waals surface area contributed by atoms with E-state index >= 15 is 0 Å². The zero-order valence-corrected chi connectivity index (χ0v) is 13.1. The molecule has 1 aliphatic heterocycles. The lowest BCUT2D eigenvalue weighted by molar-refractivity contribution is 0.210. The summed E-state index contributed by atoms with van der Waals surface area (Å²) in [6.45, 7) is 7.26. The van der Waals surface area contributed by atoms with Crippen LogP contribution in [-0.4, -0.2) is 25.0 Å². The minimum atomic E-state index is 0.780. The van der Waals surface area contributed by atoms with Crippen LogP contribution in [0.2, 0.25) is 0 Å². The fourth-order valence-corrected chi connectivity index (χ4v) is 3.78. The second-order valence-corrected chi connectivity index (χ2v) is 6.44. The van der Waals surface area contributed by atoms with Crippen molar-refractivity contribution in [2.45, 2.75) is 58.8 Å². The lowest BCUT2D eigenvalue weighted by atomic mass is 9.86. The predicted octanol–water partition coefficient (Wildman–Crippen LogP) is 4.80. The van der Waals surface area contributed by atoms with E-state index in [0.29, 0.717) is 0 Å². The van der Waals surface area contributed by atoms with Crippen molar-refractivity contribution in [3.05, 3.63) is 23.3 Å². The monoisotopic (exact) mass is 261 g/mol. The Labute approximate surface area is 119 Å². The Morgan fingerprint density at radius 2 is 1.79 bits per heavy atom. The van der Waals surface area contributed by atoms with E-state index in [9.17, 15) is 0 Å². The number of piperidine rings is 1. The third-order valence-electron chi connectivity index (χ3n) is 5.14. The quantitative estimate of drug-likeness (QED) is 0.664. The minimum absolute atomic E-state index is 0.780. The van der Waals surface area contributed by atoms with Gasteiger partial charge in [-0.1, -0.05) is 43.6 Å². The fraction of sp³-hybridized carbons (Fsp3) is 0.778. The lowest BCUT2D eigenvalue weighted by Gasteiger charge is -2.29. The molecule has 0 saturated carbocycles. The molecule has 1 heteroatoms. The minimum Gasteiger partial charge on any atom is -0.306 e. The van der Waals surface area contributed by atoms with Crippen molar-refractivity contribution in [1.82, 2.24) is 4.90 Å². The maximum Gasteiger partial charge on any atom is 0.00104 e. The average molecular weight is 261 g/mol. The molecule has 1 fully saturated rings. The topological polar surface area (TPSA) is 3.24 Å². The first-order valence-electron chi connectivity index (χ1n) is 8.32. The summed E-state index contributed by atoms with van der Waals surface area (Å²) in [4.78, 5) is 2.47. The van der Waals surface area contributed by atoms with Crippen LogP contribution in [0.3, 0.4) is 0 Å². The fourth-order valence-electron chi connectivity index (χ4n) is 3.78. The van der Waals surface area contributed by atoms with Gasteiger partial charge in [0, 0.05) is 5.92 Å². The molecule has 0 N–H and O–H groups in total. The molecule has 1 heterocycles. The van der Waals surface area contributed by atoms with E-state index in [0.717, 1.165) is 11.8 Å². The highest BCUT2D eigenvalue weighted by atomic mass is 15.1. The maximum absolute atomic E-state index is 2.47. The Morgan fingerprint density at radius 3 is 2.42 bits per heavy atom. The second-order valence-electron chi connectivity index (χ2n) is 6.44. The SMILES string of the molecule is CCC1=CC=C(CCCC2CCN(C)CC2)C1CC.